The lowest BCUT2D eigenvalue weighted by Crippen LogP contribution is -2.28. The van der Waals surface area contributed by atoms with Crippen LogP contribution in [0.2, 0.25) is 0 Å². The molecule has 2 aromatic rings. The summed E-state index contributed by atoms with van der Waals surface area (Å²) in [7, 11) is 0. The van der Waals surface area contributed by atoms with Crippen LogP contribution in [0.5, 0.6) is 5.75 Å². The molecule has 39 heavy (non-hydrogen) atoms. The number of ether oxygens (including phenoxy) is 1. The third-order valence-electron chi connectivity index (χ3n) is 5.85. The van der Waals surface area contributed by atoms with Gasteiger partial charge in [-0.3, -0.25) is 4.79 Å². The number of aliphatic hydroxyl groups is 2. The molecule has 10 nitrogen and oxygen atoms in total. The molecular formula is C29H45N3O7. The summed E-state index contributed by atoms with van der Waals surface area (Å²) in [5.74, 6) is -0.793. The van der Waals surface area contributed by atoms with Gasteiger partial charge in [0.25, 0.3) is 5.97 Å². The van der Waals surface area contributed by atoms with Gasteiger partial charge in [-0.2, -0.15) is 0 Å². The number of urea groups is 1. The molecule has 0 heterocycles. The van der Waals surface area contributed by atoms with Crippen LogP contribution < -0.4 is 16.4 Å². The minimum Gasteiger partial charge on any atom is -0.508 e. The maximum Gasteiger partial charge on any atom is 0.312 e. The molecule has 218 valence electrons. The van der Waals surface area contributed by atoms with Crippen LogP contribution in [-0.2, 0) is 29.1 Å². The third kappa shape index (κ3) is 17.1. The Balaban J connectivity index is 0.00000177. The topological polar surface area (TPSA) is 174 Å². The summed E-state index contributed by atoms with van der Waals surface area (Å²) in [4.78, 5) is 19.8. The van der Waals surface area contributed by atoms with Crippen LogP contribution in [-0.4, -0.2) is 58.7 Å². The van der Waals surface area contributed by atoms with E-state index in [0.717, 1.165) is 77.2 Å². The molecule has 8 N–H and O–H groups in total. The number of hydrogen-bond donors (Lipinski definition) is 7. The Bertz CT molecular complexity index is 968. The highest BCUT2D eigenvalue weighted by Crippen LogP contribution is 2.22. The van der Waals surface area contributed by atoms with E-state index in [-0.39, 0.29) is 12.4 Å². The Morgan fingerprint density at radius 3 is 2.33 bits per heavy atom. The summed E-state index contributed by atoms with van der Waals surface area (Å²) in [6, 6.07) is 12.5. The summed E-state index contributed by atoms with van der Waals surface area (Å²) in [6.07, 6.45) is 6.73. The first-order valence-corrected chi connectivity index (χ1v) is 13.4. The number of nitrogens with one attached hydrogen (secondary N) is 2. The van der Waals surface area contributed by atoms with Crippen molar-refractivity contribution in [3.63, 3.8) is 0 Å². The second kappa shape index (κ2) is 20.7. The number of carbonyl (C=O) groups excluding carboxylic acids is 1. The van der Waals surface area contributed by atoms with Gasteiger partial charge in [0.2, 0.25) is 0 Å². The van der Waals surface area contributed by atoms with Gasteiger partial charge >= 0.3 is 6.03 Å². The summed E-state index contributed by atoms with van der Waals surface area (Å²) in [6.45, 7) is 4.12. The van der Waals surface area contributed by atoms with Gasteiger partial charge in [0.05, 0.1) is 12.7 Å². The Morgan fingerprint density at radius 2 is 1.64 bits per heavy atom. The Kier molecular flexibility index (Phi) is 18.0. The fraction of sp³-hybridized carbons (Fsp3) is 0.517. The van der Waals surface area contributed by atoms with Gasteiger partial charge in [0.1, 0.15) is 5.75 Å². The number of aromatic hydroxyl groups is 1. The van der Waals surface area contributed by atoms with Crippen LogP contribution >= 0.6 is 0 Å². The molecule has 0 unspecified atom stereocenters. The molecule has 0 aliphatic heterocycles. The van der Waals surface area contributed by atoms with E-state index in [0.29, 0.717) is 24.2 Å². The number of hydrogen-bond acceptors (Lipinski definition) is 7. The van der Waals surface area contributed by atoms with Crippen molar-refractivity contribution in [2.45, 2.75) is 71.1 Å². The van der Waals surface area contributed by atoms with Crippen molar-refractivity contribution in [3.8, 4) is 5.75 Å². The number of carbonyl (C=O) groups is 2. The monoisotopic (exact) mass is 547 g/mol. The Hall–Kier alpha value is -3.18. The number of aryl methyl sites for hydroxylation is 1. The second-order valence-corrected chi connectivity index (χ2v) is 9.31. The molecule has 0 aromatic heterocycles. The normalized spacial score (nSPS) is 11.4. The average molecular weight is 548 g/mol. The van der Waals surface area contributed by atoms with Gasteiger partial charge in [0, 0.05) is 38.8 Å². The van der Waals surface area contributed by atoms with E-state index < -0.39 is 18.1 Å². The summed E-state index contributed by atoms with van der Waals surface area (Å²) in [5, 5.41) is 42.4. The molecular weight excluding hydrogens is 502 g/mol. The number of amides is 2. The van der Waals surface area contributed by atoms with Gasteiger partial charge < -0.3 is 41.5 Å². The van der Waals surface area contributed by atoms with Crippen LogP contribution in [0, 0.1) is 0 Å². The van der Waals surface area contributed by atoms with Crippen molar-refractivity contribution in [1.82, 2.24) is 10.6 Å². The first kappa shape index (κ1) is 33.8. The van der Waals surface area contributed by atoms with E-state index >= 15 is 0 Å². The predicted molar refractivity (Wildman–Crippen MR) is 150 cm³/mol. The van der Waals surface area contributed by atoms with Crippen LogP contribution in [0.4, 0.5) is 4.79 Å². The molecule has 0 saturated heterocycles. The van der Waals surface area contributed by atoms with Gasteiger partial charge in [0.15, 0.2) is 0 Å². The fourth-order valence-corrected chi connectivity index (χ4v) is 3.82. The number of benzene rings is 2. The highest BCUT2D eigenvalue weighted by molar-refractivity contribution is 5.71. The number of rotatable bonds is 18. The van der Waals surface area contributed by atoms with Crippen LogP contribution in [0.25, 0.3) is 0 Å². The third-order valence-corrected chi connectivity index (χ3v) is 5.85. The Labute approximate surface area is 231 Å². The van der Waals surface area contributed by atoms with Gasteiger partial charge in [-0.15, -0.1) is 0 Å². The molecule has 2 rings (SSSR count). The van der Waals surface area contributed by atoms with Crippen molar-refractivity contribution in [2.75, 3.05) is 26.3 Å². The van der Waals surface area contributed by atoms with E-state index in [1.165, 1.54) is 11.6 Å². The summed E-state index contributed by atoms with van der Waals surface area (Å²) >= 11 is 0. The number of carboxylic acid groups (broad SMARTS) is 1. The Morgan fingerprint density at radius 1 is 0.974 bits per heavy atom. The molecule has 0 fully saturated rings. The SMILES string of the molecule is CC(=O)O.NC(=O)NCc1cccc(CCCCOCCCCCCNC[C@H](O)c2ccc(O)c(CO)c2)c1. The zero-order valence-electron chi connectivity index (χ0n) is 22.9. The molecule has 0 radical (unpaired) electrons. The van der Waals surface area contributed by atoms with Gasteiger partial charge in [-0.1, -0.05) is 43.2 Å². The highest BCUT2D eigenvalue weighted by Gasteiger charge is 2.10. The van der Waals surface area contributed by atoms with Crippen molar-refractivity contribution in [3.05, 3.63) is 64.7 Å². The van der Waals surface area contributed by atoms with E-state index in [2.05, 4.69) is 22.8 Å². The first-order valence-electron chi connectivity index (χ1n) is 13.4. The second-order valence-electron chi connectivity index (χ2n) is 9.31. The van der Waals surface area contributed by atoms with Crippen molar-refractivity contribution in [1.29, 1.82) is 0 Å². The van der Waals surface area contributed by atoms with E-state index in [4.69, 9.17) is 20.4 Å². The van der Waals surface area contributed by atoms with Gasteiger partial charge in [-0.05, 0) is 67.5 Å². The fourth-order valence-electron chi connectivity index (χ4n) is 3.82. The largest absolute Gasteiger partial charge is 0.508 e. The van der Waals surface area contributed by atoms with Crippen LogP contribution in [0.3, 0.4) is 0 Å². The molecule has 0 saturated carbocycles. The predicted octanol–water partition coefficient (Wildman–Crippen LogP) is 3.37. The smallest absolute Gasteiger partial charge is 0.312 e. The number of phenols is 1. The summed E-state index contributed by atoms with van der Waals surface area (Å²) < 4.78 is 5.75. The molecule has 0 aliphatic rings. The van der Waals surface area contributed by atoms with E-state index in [9.17, 15) is 20.1 Å². The molecule has 10 heteroatoms. The number of aliphatic hydroxyl groups excluding tert-OH is 2. The van der Waals surface area contributed by atoms with Crippen molar-refractivity contribution < 1.29 is 34.8 Å². The lowest BCUT2D eigenvalue weighted by Gasteiger charge is -2.14. The van der Waals surface area contributed by atoms with Crippen LogP contribution in [0.15, 0.2) is 42.5 Å². The maximum absolute atomic E-state index is 10.8. The molecule has 2 amide bonds. The minimum atomic E-state index is -0.833. The zero-order chi connectivity index (χ0) is 28.9. The molecule has 0 aliphatic carbocycles. The molecule has 0 spiro atoms. The van der Waals surface area contributed by atoms with E-state index in [1.54, 1.807) is 12.1 Å². The van der Waals surface area contributed by atoms with Crippen LogP contribution in [0.1, 0.15) is 73.8 Å². The molecule has 0 bridgehead atoms. The average Bonchev–Trinajstić information content (AvgIpc) is 2.90. The number of aliphatic carboxylic acids is 1. The number of primary amides is 1. The molecule has 2 aromatic carbocycles. The zero-order valence-corrected chi connectivity index (χ0v) is 22.9. The number of unbranched alkanes of at least 4 members (excludes halogenated alkanes) is 4. The standard InChI is InChI=1S/C27H41N3O5.C2H4O2/c28-27(34)30-18-22-10-7-9-21(16-22)8-3-6-15-35-14-5-2-1-4-13-29-19-26(33)23-11-12-25(32)24(17-23)20-31;1-2(3)4/h7,9-12,16-17,26,29,31-33H,1-6,8,13-15,18-20H2,(H3,28,30,34);1H3,(H,3,4)/t26-;/m0./s1. The summed E-state index contributed by atoms with van der Waals surface area (Å²) in [5.41, 5.74) is 8.53. The van der Waals surface area contributed by atoms with Crippen molar-refractivity contribution >= 4 is 12.0 Å². The first-order chi connectivity index (χ1) is 18.7. The lowest BCUT2D eigenvalue weighted by atomic mass is 10.1. The molecule has 1 atom stereocenters. The number of carboxylic acids is 1. The number of nitrogens with two attached hydrogens (primary N) is 1. The van der Waals surface area contributed by atoms with Crippen molar-refractivity contribution in [2.24, 2.45) is 5.73 Å². The quantitative estimate of drug-likeness (QED) is 0.139. The highest BCUT2D eigenvalue weighted by atomic mass is 16.5. The lowest BCUT2D eigenvalue weighted by molar-refractivity contribution is -0.134. The van der Waals surface area contributed by atoms with E-state index in [1.807, 2.05) is 12.1 Å². The minimum absolute atomic E-state index is 0.0406. The van der Waals surface area contributed by atoms with Gasteiger partial charge in [-0.25, -0.2) is 4.79 Å². The maximum atomic E-state index is 10.8.